The van der Waals surface area contributed by atoms with E-state index < -0.39 is 42.5 Å². The smallest absolute Gasteiger partial charge is 0.224 e. The molecule has 0 aliphatic carbocycles. The van der Waals surface area contributed by atoms with Gasteiger partial charge in [0.05, 0.1) is 15.4 Å². The molecule has 1 atom stereocenters. The molecule has 1 unspecified atom stereocenters. The molecule has 2 aromatic rings. The van der Waals surface area contributed by atoms with Crippen LogP contribution in [0, 0.1) is 0 Å². The Hall–Kier alpha value is -1.91. The fraction of sp³-hybridized carbons (Fsp3) is 0.294. The highest BCUT2D eigenvalue weighted by Crippen LogP contribution is 2.36. The maximum atomic E-state index is 13.2. The zero-order chi connectivity index (χ0) is 20.6. The van der Waals surface area contributed by atoms with Crippen LogP contribution < -0.4 is 0 Å². The van der Waals surface area contributed by atoms with Crippen molar-refractivity contribution in [2.24, 2.45) is 0 Å². The van der Waals surface area contributed by atoms with Gasteiger partial charge in [0.25, 0.3) is 0 Å². The van der Waals surface area contributed by atoms with Gasteiger partial charge in [-0.05, 0) is 36.8 Å². The Labute approximate surface area is 156 Å². The van der Waals surface area contributed by atoms with Gasteiger partial charge in [-0.25, -0.2) is 16.8 Å². The topological polar surface area (TPSA) is 71.5 Å². The van der Waals surface area contributed by atoms with Gasteiger partial charge in [0.1, 0.15) is 0 Å². The van der Waals surface area contributed by atoms with Crippen molar-refractivity contribution in [3.05, 3.63) is 59.7 Å². The first-order valence-electron chi connectivity index (χ1n) is 7.70. The van der Waals surface area contributed by atoms with Gasteiger partial charge >= 0.3 is 6.18 Å². The molecule has 0 bridgehead atoms. The first kappa shape index (κ1) is 21.4. The van der Waals surface area contributed by atoms with E-state index in [0.29, 0.717) is 11.6 Å². The van der Waals surface area contributed by atoms with E-state index in [1.165, 1.54) is 44.3 Å². The predicted molar refractivity (Wildman–Crippen MR) is 94.4 cm³/mol. The molecule has 0 radical (unpaired) electrons. The number of sulfonamides is 1. The van der Waals surface area contributed by atoms with Gasteiger partial charge in [-0.15, -0.1) is 0 Å². The van der Waals surface area contributed by atoms with Gasteiger partial charge in [-0.2, -0.15) is 17.5 Å². The molecule has 0 aliphatic heterocycles. The van der Waals surface area contributed by atoms with Crippen molar-refractivity contribution < 1.29 is 30.0 Å². The SMILES string of the molecule is CC(c1ccc(S(C)(=O)=O)cc1)N(C)S(=O)(=O)c1ccccc1C(F)(F)F. The van der Waals surface area contributed by atoms with Crippen LogP contribution >= 0.6 is 0 Å². The highest BCUT2D eigenvalue weighted by Gasteiger charge is 2.39. The minimum absolute atomic E-state index is 0.0615. The van der Waals surface area contributed by atoms with Crippen molar-refractivity contribution in [2.75, 3.05) is 13.3 Å². The number of hydrogen-bond donors (Lipinski definition) is 0. The second-order valence-electron chi connectivity index (χ2n) is 6.03. The minimum atomic E-state index is -4.81. The maximum absolute atomic E-state index is 13.2. The molecular formula is C17H18F3NO4S2. The number of alkyl halides is 3. The van der Waals surface area contributed by atoms with Gasteiger partial charge < -0.3 is 0 Å². The Morgan fingerprint density at radius 1 is 0.926 bits per heavy atom. The third-order valence-electron chi connectivity index (χ3n) is 4.19. The number of halogens is 3. The van der Waals surface area contributed by atoms with Crippen LogP contribution in [0.2, 0.25) is 0 Å². The summed E-state index contributed by atoms with van der Waals surface area (Å²) in [6.07, 6.45) is -3.78. The third-order valence-corrected chi connectivity index (χ3v) is 7.30. The summed E-state index contributed by atoms with van der Waals surface area (Å²) >= 11 is 0. The van der Waals surface area contributed by atoms with Crippen molar-refractivity contribution in [1.29, 1.82) is 0 Å². The average Bonchev–Trinajstić information content (AvgIpc) is 2.59. The molecule has 0 fully saturated rings. The van der Waals surface area contributed by atoms with Gasteiger partial charge in [0, 0.05) is 19.3 Å². The summed E-state index contributed by atoms with van der Waals surface area (Å²) in [4.78, 5) is -0.772. The van der Waals surface area contributed by atoms with Gasteiger partial charge in [0.15, 0.2) is 9.84 Å². The fourth-order valence-electron chi connectivity index (χ4n) is 2.49. The summed E-state index contributed by atoms with van der Waals surface area (Å²) in [5.74, 6) is 0. The monoisotopic (exact) mass is 421 g/mol. The maximum Gasteiger partial charge on any atom is 0.417 e. The first-order valence-corrected chi connectivity index (χ1v) is 11.0. The van der Waals surface area contributed by atoms with E-state index in [1.54, 1.807) is 0 Å². The van der Waals surface area contributed by atoms with Crippen LogP contribution in [0.25, 0.3) is 0 Å². The number of sulfone groups is 1. The Bertz CT molecular complexity index is 1030. The van der Waals surface area contributed by atoms with E-state index in [9.17, 15) is 30.0 Å². The lowest BCUT2D eigenvalue weighted by Crippen LogP contribution is -2.31. The van der Waals surface area contributed by atoms with Crippen LogP contribution in [0.5, 0.6) is 0 Å². The normalized spacial score (nSPS) is 14.3. The van der Waals surface area contributed by atoms with Gasteiger partial charge in [0.2, 0.25) is 10.0 Å². The number of hydrogen-bond acceptors (Lipinski definition) is 4. The standard InChI is InChI=1S/C17H18F3NO4S2/c1-12(13-8-10-14(11-9-13)26(3,22)23)21(2)27(24,25)16-7-5-4-6-15(16)17(18,19)20/h4-12H,1-3H3. The van der Waals surface area contributed by atoms with Crippen LogP contribution in [0.1, 0.15) is 24.1 Å². The van der Waals surface area contributed by atoms with E-state index in [-0.39, 0.29) is 4.90 Å². The minimum Gasteiger partial charge on any atom is -0.224 e. The Morgan fingerprint density at radius 2 is 1.44 bits per heavy atom. The molecular weight excluding hydrogens is 403 g/mol. The lowest BCUT2D eigenvalue weighted by atomic mass is 10.1. The van der Waals surface area contributed by atoms with E-state index in [0.717, 1.165) is 22.7 Å². The Kier molecular flexibility index (Phi) is 5.74. The Balaban J connectivity index is 2.43. The summed E-state index contributed by atoms with van der Waals surface area (Å²) in [5, 5.41) is 0. The van der Waals surface area contributed by atoms with E-state index in [1.807, 2.05) is 0 Å². The molecule has 2 aromatic carbocycles. The molecule has 0 aliphatic rings. The molecule has 27 heavy (non-hydrogen) atoms. The fourth-order valence-corrected chi connectivity index (χ4v) is 4.68. The summed E-state index contributed by atoms with van der Waals surface area (Å²) in [6.45, 7) is 1.50. The number of benzene rings is 2. The third kappa shape index (κ3) is 4.50. The molecule has 0 N–H and O–H groups in total. The van der Waals surface area contributed by atoms with Crippen molar-refractivity contribution >= 4 is 19.9 Å². The second kappa shape index (κ2) is 7.25. The highest BCUT2D eigenvalue weighted by atomic mass is 32.2. The van der Waals surface area contributed by atoms with Crippen molar-refractivity contribution in [3.8, 4) is 0 Å². The molecule has 0 saturated heterocycles. The number of nitrogens with zero attached hydrogens (tertiary/aromatic N) is 1. The zero-order valence-electron chi connectivity index (χ0n) is 14.7. The molecule has 0 saturated carbocycles. The lowest BCUT2D eigenvalue weighted by Gasteiger charge is -2.26. The Morgan fingerprint density at radius 3 is 1.93 bits per heavy atom. The van der Waals surface area contributed by atoms with Crippen LogP contribution in [0.4, 0.5) is 13.2 Å². The molecule has 5 nitrogen and oxygen atoms in total. The van der Waals surface area contributed by atoms with E-state index in [4.69, 9.17) is 0 Å². The summed E-state index contributed by atoms with van der Waals surface area (Å²) in [5.41, 5.74) is -0.797. The summed E-state index contributed by atoms with van der Waals surface area (Å²) in [6, 6.07) is 8.67. The average molecular weight is 421 g/mol. The van der Waals surface area contributed by atoms with Crippen LogP contribution in [0.3, 0.4) is 0 Å². The molecule has 148 valence electrons. The molecule has 0 aromatic heterocycles. The van der Waals surface area contributed by atoms with Crippen molar-refractivity contribution in [2.45, 2.75) is 28.9 Å². The van der Waals surface area contributed by atoms with Crippen molar-refractivity contribution in [3.63, 3.8) is 0 Å². The lowest BCUT2D eigenvalue weighted by molar-refractivity contribution is -0.139. The summed E-state index contributed by atoms with van der Waals surface area (Å²) in [7, 11) is -6.68. The van der Waals surface area contributed by atoms with Crippen LogP contribution in [-0.4, -0.2) is 34.4 Å². The molecule has 0 heterocycles. The zero-order valence-corrected chi connectivity index (χ0v) is 16.4. The molecule has 0 amide bonds. The first-order chi connectivity index (χ1) is 12.3. The van der Waals surface area contributed by atoms with E-state index in [2.05, 4.69) is 0 Å². The van der Waals surface area contributed by atoms with E-state index >= 15 is 0 Å². The molecule has 10 heteroatoms. The van der Waals surface area contributed by atoms with Crippen LogP contribution in [-0.2, 0) is 26.0 Å². The highest BCUT2D eigenvalue weighted by molar-refractivity contribution is 7.90. The quantitative estimate of drug-likeness (QED) is 0.741. The largest absolute Gasteiger partial charge is 0.417 e. The van der Waals surface area contributed by atoms with Crippen molar-refractivity contribution in [1.82, 2.24) is 4.31 Å². The van der Waals surface area contributed by atoms with Gasteiger partial charge in [-0.3, -0.25) is 0 Å². The molecule has 2 rings (SSSR count). The number of rotatable bonds is 5. The van der Waals surface area contributed by atoms with Crippen LogP contribution in [0.15, 0.2) is 58.3 Å². The second-order valence-corrected chi connectivity index (χ2v) is 10.0. The molecule has 0 spiro atoms. The predicted octanol–water partition coefficient (Wildman–Crippen LogP) is 3.49. The summed E-state index contributed by atoms with van der Waals surface area (Å²) < 4.78 is 88.9. The van der Waals surface area contributed by atoms with Gasteiger partial charge in [-0.1, -0.05) is 24.3 Å².